The minimum atomic E-state index is -2.72. The smallest absolute Gasteiger partial charge is 0.345 e. The summed E-state index contributed by atoms with van der Waals surface area (Å²) in [6.07, 6.45) is 0. The molecule has 1 heterocycles. The summed E-state index contributed by atoms with van der Waals surface area (Å²) in [5, 5.41) is 8.77. The van der Waals surface area contributed by atoms with Gasteiger partial charge in [0.05, 0.1) is 0 Å². The molecule has 0 aromatic carbocycles. The highest BCUT2D eigenvalue weighted by Crippen LogP contribution is 2.21. The van der Waals surface area contributed by atoms with E-state index in [2.05, 4.69) is 4.72 Å². The molecule has 0 radical (unpaired) electrons. The normalized spacial score (nSPS) is 10.1. The van der Waals surface area contributed by atoms with Crippen molar-refractivity contribution in [1.29, 1.82) is 0 Å². The highest BCUT2D eigenvalue weighted by atomic mass is 32.2. The highest BCUT2D eigenvalue weighted by molar-refractivity contribution is 7.74. The quantitative estimate of drug-likeness (QED) is 0.626. The third-order valence-corrected chi connectivity index (χ3v) is 2.58. The summed E-state index contributed by atoms with van der Waals surface area (Å²) < 4.78 is 22.4. The Morgan fingerprint density at radius 2 is 2.17 bits per heavy atom. The van der Waals surface area contributed by atoms with Gasteiger partial charge in [0.25, 0.3) is 0 Å². The van der Waals surface area contributed by atoms with Crippen LogP contribution in [0.25, 0.3) is 0 Å². The monoisotopic (exact) mass is 207 g/mol. The predicted molar refractivity (Wildman–Crippen MR) is 45.2 cm³/mol. The Kier molecular flexibility index (Phi) is 2.66. The summed E-state index contributed by atoms with van der Waals surface area (Å²) in [6.45, 7) is 0. The Bertz CT molecular complexity index is 359. The van der Waals surface area contributed by atoms with Gasteiger partial charge in [-0.05, 0) is 12.1 Å². The second kappa shape index (κ2) is 3.55. The van der Waals surface area contributed by atoms with Gasteiger partial charge in [0, 0.05) is 0 Å². The van der Waals surface area contributed by atoms with Gasteiger partial charge in [0.2, 0.25) is 10.9 Å². The zero-order valence-corrected chi connectivity index (χ0v) is 7.39. The Hall–Kier alpha value is -1.08. The summed E-state index contributed by atoms with van der Waals surface area (Å²) in [5.41, 5.74) is 0. The molecule has 0 amide bonds. The van der Waals surface area contributed by atoms with Crippen molar-refractivity contribution in [3.63, 3.8) is 0 Å². The summed E-state index contributed by atoms with van der Waals surface area (Å²) in [5.74, 6) is -1.06. The van der Waals surface area contributed by atoms with Crippen LogP contribution in [0.3, 0.4) is 0 Å². The molecule has 0 atom stereocenters. The number of aromatic carboxylic acids is 1. The maximum atomic E-state index is 10.3. The van der Waals surface area contributed by atoms with Crippen molar-refractivity contribution in [1.82, 2.24) is 0 Å². The Labute approximate surface area is 73.7 Å². The molecular formula is C5H5NO4S2. The second-order valence-electron chi connectivity index (χ2n) is 1.84. The zero-order chi connectivity index (χ0) is 9.14. The van der Waals surface area contributed by atoms with Crippen LogP contribution in [0.2, 0.25) is 0 Å². The lowest BCUT2D eigenvalue weighted by atomic mass is 10.5. The third-order valence-electron chi connectivity index (χ3n) is 1.02. The van der Waals surface area contributed by atoms with E-state index in [0.717, 1.165) is 11.3 Å². The molecule has 1 aromatic rings. The molecule has 7 heteroatoms. The van der Waals surface area contributed by atoms with Crippen molar-refractivity contribution in [2.45, 2.75) is 0 Å². The molecule has 1 aromatic heterocycles. The Morgan fingerprint density at radius 3 is 2.58 bits per heavy atom. The van der Waals surface area contributed by atoms with Crippen LogP contribution >= 0.6 is 11.3 Å². The van der Waals surface area contributed by atoms with Gasteiger partial charge in [0.1, 0.15) is 9.88 Å². The molecule has 0 aliphatic carbocycles. The molecule has 0 spiro atoms. The van der Waals surface area contributed by atoms with E-state index < -0.39 is 16.9 Å². The number of thiol groups is 1. The van der Waals surface area contributed by atoms with E-state index in [1.165, 1.54) is 12.1 Å². The summed E-state index contributed by atoms with van der Waals surface area (Å²) in [4.78, 5) is 10.4. The highest BCUT2D eigenvalue weighted by Gasteiger charge is 2.05. The van der Waals surface area contributed by atoms with Gasteiger partial charge in [-0.1, -0.05) is 0 Å². The summed E-state index contributed by atoms with van der Waals surface area (Å²) >= 11 is 0.875. The van der Waals surface area contributed by atoms with Gasteiger partial charge < -0.3 is 5.11 Å². The zero-order valence-electron chi connectivity index (χ0n) is 5.68. The van der Waals surface area contributed by atoms with Gasteiger partial charge >= 0.3 is 5.97 Å². The van der Waals surface area contributed by atoms with E-state index in [1.807, 2.05) is 0 Å². The second-order valence-corrected chi connectivity index (χ2v) is 3.66. The summed E-state index contributed by atoms with van der Waals surface area (Å²) in [6, 6.07) is 2.74. The maximum absolute atomic E-state index is 10.3. The van der Waals surface area contributed by atoms with Crippen molar-refractivity contribution in [3.8, 4) is 0 Å². The first-order chi connectivity index (χ1) is 5.59. The molecule has 2 N–H and O–H groups in total. The molecule has 66 valence electrons. The van der Waals surface area contributed by atoms with Gasteiger partial charge in [-0.2, -0.15) is 0 Å². The summed E-state index contributed by atoms with van der Waals surface area (Å²) in [7, 11) is -2.72. The number of carboxylic acids is 1. The van der Waals surface area contributed by atoms with Crippen molar-refractivity contribution >= 4 is 33.2 Å². The SMILES string of the molecule is O=C(O)c1ccc(N[SH](=O)=O)s1. The molecule has 0 fully saturated rings. The molecule has 1 rings (SSSR count). The Balaban J connectivity index is 2.84. The van der Waals surface area contributed by atoms with Crippen LogP contribution in [-0.2, 0) is 10.9 Å². The molecule has 12 heavy (non-hydrogen) atoms. The minimum Gasteiger partial charge on any atom is -0.477 e. The average Bonchev–Trinajstić information content (AvgIpc) is 2.34. The van der Waals surface area contributed by atoms with Crippen molar-refractivity contribution < 1.29 is 18.3 Å². The van der Waals surface area contributed by atoms with Crippen LogP contribution < -0.4 is 4.72 Å². The standard InChI is InChI=1S/C5H5NO4S2/c7-5(8)3-1-2-4(11-3)6-12(9)10/h1-2,12H,(H,7,8)(H,6,9,10). The lowest BCUT2D eigenvalue weighted by Gasteiger charge is -1.88. The first-order valence-electron chi connectivity index (χ1n) is 2.84. The first kappa shape index (κ1) is 9.01. The topological polar surface area (TPSA) is 83.5 Å². The number of carboxylic acid groups (broad SMARTS) is 1. The largest absolute Gasteiger partial charge is 0.477 e. The fourth-order valence-corrected chi connectivity index (χ4v) is 1.86. The van der Waals surface area contributed by atoms with E-state index in [4.69, 9.17) is 5.11 Å². The van der Waals surface area contributed by atoms with Gasteiger partial charge in [-0.25, -0.2) is 13.2 Å². The number of rotatable bonds is 3. The number of anilines is 1. The van der Waals surface area contributed by atoms with Crippen molar-refractivity contribution in [3.05, 3.63) is 17.0 Å². The van der Waals surface area contributed by atoms with Crippen LogP contribution in [0.4, 0.5) is 5.00 Å². The Morgan fingerprint density at radius 1 is 1.50 bits per heavy atom. The van der Waals surface area contributed by atoms with Crippen LogP contribution in [0.1, 0.15) is 9.67 Å². The molecule has 5 nitrogen and oxygen atoms in total. The maximum Gasteiger partial charge on any atom is 0.345 e. The molecular weight excluding hydrogens is 202 g/mol. The molecule has 0 aliphatic heterocycles. The van der Waals surface area contributed by atoms with E-state index in [1.54, 1.807) is 0 Å². The van der Waals surface area contributed by atoms with Crippen LogP contribution in [0.15, 0.2) is 12.1 Å². The van der Waals surface area contributed by atoms with Crippen LogP contribution in [0.5, 0.6) is 0 Å². The lowest BCUT2D eigenvalue weighted by molar-refractivity contribution is 0.0702. The van der Waals surface area contributed by atoms with Crippen LogP contribution in [0, 0.1) is 0 Å². The minimum absolute atomic E-state index is 0.106. The number of nitrogens with one attached hydrogen (secondary N) is 1. The number of thiophene rings is 1. The van der Waals surface area contributed by atoms with Crippen LogP contribution in [-0.4, -0.2) is 19.5 Å². The molecule has 0 saturated heterocycles. The lowest BCUT2D eigenvalue weighted by Crippen LogP contribution is -1.91. The molecule has 0 aliphatic rings. The van der Waals surface area contributed by atoms with E-state index in [9.17, 15) is 13.2 Å². The fourth-order valence-electron chi connectivity index (χ4n) is 0.603. The first-order valence-corrected chi connectivity index (χ1v) is 4.83. The van der Waals surface area contributed by atoms with Gasteiger partial charge in [0.15, 0.2) is 0 Å². The molecule has 0 saturated carbocycles. The predicted octanol–water partition coefficient (Wildman–Crippen LogP) is 0.385. The third kappa shape index (κ3) is 2.21. The van der Waals surface area contributed by atoms with E-state index in [0.29, 0.717) is 5.00 Å². The van der Waals surface area contributed by atoms with Gasteiger partial charge in [-0.15, -0.1) is 11.3 Å². The van der Waals surface area contributed by atoms with Gasteiger partial charge in [-0.3, -0.25) is 4.72 Å². The van der Waals surface area contributed by atoms with Crippen molar-refractivity contribution in [2.75, 3.05) is 4.72 Å². The molecule has 0 unspecified atom stereocenters. The number of hydrogen-bond acceptors (Lipinski definition) is 4. The van der Waals surface area contributed by atoms with Crippen molar-refractivity contribution in [2.24, 2.45) is 0 Å². The van der Waals surface area contributed by atoms with E-state index >= 15 is 0 Å². The fraction of sp³-hybridized carbons (Fsp3) is 0. The average molecular weight is 207 g/mol. The molecule has 0 bridgehead atoms. The van der Waals surface area contributed by atoms with E-state index in [-0.39, 0.29) is 4.88 Å². The number of hydrogen-bond donors (Lipinski definition) is 3. The number of carbonyl (C=O) groups is 1.